The Morgan fingerprint density at radius 2 is 1.04 bits per heavy atom. The van der Waals surface area contributed by atoms with Crippen LogP contribution in [0.25, 0.3) is 21.5 Å². The van der Waals surface area contributed by atoms with Gasteiger partial charge >= 0.3 is 0 Å². The van der Waals surface area contributed by atoms with Gasteiger partial charge in [-0.1, -0.05) is 66.2 Å². The Bertz CT molecular complexity index is 1150. The molecule has 2 heteroatoms. The molecule has 0 saturated heterocycles. The Labute approximate surface area is 158 Å². The van der Waals surface area contributed by atoms with E-state index < -0.39 is 11.6 Å². The van der Waals surface area contributed by atoms with Crippen LogP contribution >= 0.6 is 0 Å². The lowest BCUT2D eigenvalue weighted by Crippen LogP contribution is -2.18. The fourth-order valence-electron chi connectivity index (χ4n) is 4.02. The Balaban J connectivity index is 1.99. The van der Waals surface area contributed by atoms with Crippen molar-refractivity contribution >= 4 is 33.1 Å². The minimum Gasteiger partial charge on any atom is -0.285 e. The molecule has 0 bridgehead atoms. The summed E-state index contributed by atoms with van der Waals surface area (Å²) in [6, 6.07) is 21.5. The first-order valence-electron chi connectivity index (χ1n) is 9.04. The fraction of sp³-hybridized carbons (Fsp3) is 0.120. The smallest absolute Gasteiger partial charge is 0.234 e. The average molecular weight is 352 g/mol. The zero-order valence-electron chi connectivity index (χ0n) is 15.7. The van der Waals surface area contributed by atoms with E-state index in [1.165, 1.54) is 0 Å². The van der Waals surface area contributed by atoms with Crippen LogP contribution in [-0.4, -0.2) is 11.6 Å². The van der Waals surface area contributed by atoms with Gasteiger partial charge in [-0.15, -0.1) is 0 Å². The summed E-state index contributed by atoms with van der Waals surface area (Å²) in [5, 5.41) is 3.56. The molecule has 0 saturated carbocycles. The monoisotopic (exact) mass is 352 g/mol. The molecule has 27 heavy (non-hydrogen) atoms. The Morgan fingerprint density at radius 1 is 0.593 bits per heavy atom. The second kappa shape index (κ2) is 6.48. The fourth-order valence-corrected chi connectivity index (χ4v) is 4.02. The van der Waals surface area contributed by atoms with Crippen molar-refractivity contribution in [1.29, 1.82) is 0 Å². The summed E-state index contributed by atoms with van der Waals surface area (Å²) in [6.45, 7) is 5.78. The van der Waals surface area contributed by atoms with Crippen molar-refractivity contribution in [3.63, 3.8) is 0 Å². The first-order chi connectivity index (χ1) is 13.0. The van der Waals surface area contributed by atoms with Gasteiger partial charge < -0.3 is 0 Å². The normalized spacial score (nSPS) is 11.1. The molecule has 0 fully saturated rings. The number of Topliss-reactive ketones (excluding diaryl/α,β-unsaturated/α-hetero) is 2. The van der Waals surface area contributed by atoms with Crippen LogP contribution in [0.2, 0.25) is 0 Å². The maximum absolute atomic E-state index is 13.4. The van der Waals surface area contributed by atoms with Crippen LogP contribution in [0.4, 0.5) is 0 Å². The number of benzene rings is 4. The van der Waals surface area contributed by atoms with Crippen LogP contribution in [0.3, 0.4) is 0 Å². The summed E-state index contributed by atoms with van der Waals surface area (Å²) in [4.78, 5) is 26.6. The maximum Gasteiger partial charge on any atom is 0.234 e. The summed E-state index contributed by atoms with van der Waals surface area (Å²) in [5.41, 5.74) is 3.78. The molecule has 0 heterocycles. The second-order valence-electron chi connectivity index (χ2n) is 7.13. The number of fused-ring (bicyclic) bond motifs is 2. The molecule has 4 aromatic rings. The largest absolute Gasteiger partial charge is 0.285 e. The lowest BCUT2D eigenvalue weighted by atomic mass is 9.88. The highest BCUT2D eigenvalue weighted by Crippen LogP contribution is 2.30. The highest BCUT2D eigenvalue weighted by Gasteiger charge is 2.25. The predicted octanol–water partition coefficient (Wildman–Crippen LogP) is 5.98. The number of hydrogen-bond donors (Lipinski definition) is 0. The summed E-state index contributed by atoms with van der Waals surface area (Å²) < 4.78 is 0. The first kappa shape index (κ1) is 17.2. The summed E-state index contributed by atoms with van der Waals surface area (Å²) >= 11 is 0. The van der Waals surface area contributed by atoms with Gasteiger partial charge in [0.15, 0.2) is 0 Å². The molecule has 132 valence electrons. The highest BCUT2D eigenvalue weighted by molar-refractivity contribution is 6.53. The third kappa shape index (κ3) is 2.83. The molecule has 0 aliphatic heterocycles. The lowest BCUT2D eigenvalue weighted by molar-refractivity contribution is 0.0818. The molecule has 0 aliphatic carbocycles. The summed E-state index contributed by atoms with van der Waals surface area (Å²) in [6.07, 6.45) is 0. The van der Waals surface area contributed by atoms with Crippen LogP contribution in [0.5, 0.6) is 0 Å². The van der Waals surface area contributed by atoms with Gasteiger partial charge in [0.25, 0.3) is 0 Å². The molecule has 0 unspecified atom stereocenters. The summed E-state index contributed by atoms with van der Waals surface area (Å²) in [7, 11) is 0. The Kier molecular flexibility index (Phi) is 4.12. The molecular formula is C25H20O2. The van der Waals surface area contributed by atoms with Gasteiger partial charge in [0.1, 0.15) is 0 Å². The molecule has 0 radical (unpaired) electrons. The number of aryl methyl sites for hydroxylation is 3. The van der Waals surface area contributed by atoms with Crippen LogP contribution in [0.1, 0.15) is 37.4 Å². The minimum absolute atomic E-state index is 0.438. The van der Waals surface area contributed by atoms with Gasteiger partial charge in [0, 0.05) is 11.1 Å². The lowest BCUT2D eigenvalue weighted by Gasteiger charge is -2.13. The molecule has 0 aliphatic rings. The van der Waals surface area contributed by atoms with Gasteiger partial charge in [-0.3, -0.25) is 9.59 Å². The van der Waals surface area contributed by atoms with Crippen molar-refractivity contribution in [2.45, 2.75) is 20.8 Å². The predicted molar refractivity (Wildman–Crippen MR) is 111 cm³/mol. The molecular weight excluding hydrogens is 332 g/mol. The van der Waals surface area contributed by atoms with E-state index in [0.29, 0.717) is 11.1 Å². The van der Waals surface area contributed by atoms with Gasteiger partial charge in [0.2, 0.25) is 11.6 Å². The molecule has 0 atom stereocenters. The van der Waals surface area contributed by atoms with E-state index in [1.54, 1.807) is 0 Å². The van der Waals surface area contributed by atoms with E-state index in [-0.39, 0.29) is 0 Å². The molecule has 2 nitrogen and oxygen atoms in total. The quantitative estimate of drug-likeness (QED) is 0.258. The van der Waals surface area contributed by atoms with E-state index in [9.17, 15) is 9.59 Å². The SMILES string of the molecule is Cc1cc(C)c(C(=O)C(=O)c2c3ccccc3cc3ccccc23)c(C)c1. The first-order valence-corrected chi connectivity index (χ1v) is 9.04. The van der Waals surface area contributed by atoms with Crippen molar-refractivity contribution in [1.82, 2.24) is 0 Å². The molecule has 0 amide bonds. The Morgan fingerprint density at radius 3 is 1.56 bits per heavy atom. The van der Waals surface area contributed by atoms with Crippen molar-refractivity contribution in [3.8, 4) is 0 Å². The number of carbonyl (C=O) groups excluding carboxylic acids is 2. The van der Waals surface area contributed by atoms with Gasteiger partial charge in [-0.05, 0) is 59.5 Å². The molecule has 0 N–H and O–H groups in total. The topological polar surface area (TPSA) is 34.1 Å². The van der Waals surface area contributed by atoms with Gasteiger partial charge in [0.05, 0.1) is 0 Å². The Hall–Kier alpha value is -3.26. The van der Waals surface area contributed by atoms with Gasteiger partial charge in [-0.2, -0.15) is 0 Å². The standard InChI is InChI=1S/C25H20O2/c1-15-12-16(2)22(17(3)13-15)24(26)25(27)23-20-10-6-4-8-18(20)14-19-9-5-7-11-21(19)23/h4-14H,1-3H3. The van der Waals surface area contributed by atoms with Crippen molar-refractivity contribution < 1.29 is 9.59 Å². The molecule has 4 aromatic carbocycles. The zero-order valence-corrected chi connectivity index (χ0v) is 15.7. The third-order valence-electron chi connectivity index (χ3n) is 5.11. The number of rotatable bonds is 3. The number of ketones is 2. The van der Waals surface area contributed by atoms with Crippen LogP contribution in [0.15, 0.2) is 66.7 Å². The average Bonchev–Trinajstić information content (AvgIpc) is 2.64. The van der Waals surface area contributed by atoms with E-state index in [4.69, 9.17) is 0 Å². The van der Waals surface area contributed by atoms with Crippen LogP contribution in [-0.2, 0) is 0 Å². The molecule has 4 rings (SSSR count). The van der Waals surface area contributed by atoms with Crippen LogP contribution in [0, 0.1) is 20.8 Å². The maximum atomic E-state index is 13.4. The van der Waals surface area contributed by atoms with E-state index in [1.807, 2.05) is 81.4 Å². The van der Waals surface area contributed by atoms with E-state index in [0.717, 1.165) is 38.2 Å². The number of carbonyl (C=O) groups is 2. The zero-order chi connectivity index (χ0) is 19.1. The van der Waals surface area contributed by atoms with E-state index in [2.05, 4.69) is 6.07 Å². The summed E-state index contributed by atoms with van der Waals surface area (Å²) in [5.74, 6) is -0.885. The molecule has 0 spiro atoms. The van der Waals surface area contributed by atoms with Crippen molar-refractivity contribution in [2.24, 2.45) is 0 Å². The van der Waals surface area contributed by atoms with Gasteiger partial charge in [-0.25, -0.2) is 0 Å². The molecule has 0 aromatic heterocycles. The van der Waals surface area contributed by atoms with Crippen molar-refractivity contribution in [3.05, 3.63) is 94.5 Å². The number of hydrogen-bond acceptors (Lipinski definition) is 2. The van der Waals surface area contributed by atoms with Crippen molar-refractivity contribution in [2.75, 3.05) is 0 Å². The highest BCUT2D eigenvalue weighted by atomic mass is 16.2. The minimum atomic E-state index is -0.446. The van der Waals surface area contributed by atoms with E-state index >= 15 is 0 Å². The third-order valence-corrected chi connectivity index (χ3v) is 5.11. The second-order valence-corrected chi connectivity index (χ2v) is 7.13. The van der Waals surface area contributed by atoms with Crippen LogP contribution < -0.4 is 0 Å².